The summed E-state index contributed by atoms with van der Waals surface area (Å²) in [5, 5.41) is 1.59. The molecule has 0 aliphatic rings. The summed E-state index contributed by atoms with van der Waals surface area (Å²) in [4.78, 5) is 4.05. The van der Waals surface area contributed by atoms with Crippen LogP contribution in [0.25, 0.3) is 10.8 Å². The molecule has 0 radical (unpaired) electrons. The summed E-state index contributed by atoms with van der Waals surface area (Å²) in [5.74, 6) is 0.302. The van der Waals surface area contributed by atoms with Gasteiger partial charge in [-0.05, 0) is 30.3 Å². The molecule has 2 aromatic carbocycles. The molecule has 0 aliphatic heterocycles. The van der Waals surface area contributed by atoms with Gasteiger partial charge in [0.05, 0.1) is 0 Å². The summed E-state index contributed by atoms with van der Waals surface area (Å²) in [5.41, 5.74) is 6.53. The topological polar surface area (TPSA) is 48.1 Å². The van der Waals surface area contributed by atoms with Crippen molar-refractivity contribution in [3.8, 4) is 11.5 Å². The van der Waals surface area contributed by atoms with Gasteiger partial charge in [-0.25, -0.2) is 4.39 Å². The third-order valence-electron chi connectivity index (χ3n) is 2.87. The maximum Gasteiger partial charge on any atom is 0.165 e. The molecule has 1 aromatic heterocycles. The number of nitrogens with zero attached hydrogens (tertiary/aromatic N) is 1. The molecule has 4 heteroatoms. The van der Waals surface area contributed by atoms with Crippen LogP contribution < -0.4 is 10.5 Å². The van der Waals surface area contributed by atoms with E-state index in [0.717, 1.165) is 10.8 Å². The van der Waals surface area contributed by atoms with Crippen LogP contribution in [0, 0.1) is 5.82 Å². The Morgan fingerprint density at radius 1 is 0.947 bits per heavy atom. The van der Waals surface area contributed by atoms with Crippen molar-refractivity contribution in [3.63, 3.8) is 0 Å². The first-order valence-electron chi connectivity index (χ1n) is 5.80. The minimum Gasteiger partial charge on any atom is -0.454 e. The maximum absolute atomic E-state index is 13.6. The molecule has 0 atom stereocenters. The van der Waals surface area contributed by atoms with E-state index in [1.165, 1.54) is 6.07 Å². The fourth-order valence-corrected chi connectivity index (χ4v) is 1.92. The molecule has 2 N–H and O–H groups in total. The number of hydrogen-bond donors (Lipinski definition) is 1. The summed E-state index contributed by atoms with van der Waals surface area (Å²) in [6.45, 7) is 0. The molecule has 0 saturated carbocycles. The lowest BCUT2D eigenvalue weighted by Crippen LogP contribution is -1.92. The minimum atomic E-state index is -0.406. The van der Waals surface area contributed by atoms with Gasteiger partial charge in [-0.3, -0.25) is 4.98 Å². The van der Waals surface area contributed by atoms with Crippen LogP contribution in [0.4, 0.5) is 10.1 Å². The Bertz CT molecular complexity index is 743. The highest BCUT2D eigenvalue weighted by atomic mass is 19.1. The van der Waals surface area contributed by atoms with Crippen molar-refractivity contribution >= 4 is 16.5 Å². The first-order chi connectivity index (χ1) is 9.25. The number of benzene rings is 2. The van der Waals surface area contributed by atoms with Gasteiger partial charge >= 0.3 is 0 Å². The molecular weight excluding hydrogens is 243 g/mol. The number of fused-ring (bicyclic) bond motifs is 1. The average Bonchev–Trinajstić information content (AvgIpc) is 2.44. The largest absolute Gasteiger partial charge is 0.454 e. The summed E-state index contributed by atoms with van der Waals surface area (Å²) >= 11 is 0. The fraction of sp³-hybridized carbons (Fsp3) is 0. The number of anilines is 1. The predicted molar refractivity (Wildman–Crippen MR) is 72.6 cm³/mol. The number of para-hydroxylation sites is 1. The van der Waals surface area contributed by atoms with Gasteiger partial charge in [0.15, 0.2) is 11.6 Å². The highest BCUT2D eigenvalue weighted by molar-refractivity contribution is 5.96. The first-order valence-corrected chi connectivity index (χ1v) is 5.80. The van der Waals surface area contributed by atoms with E-state index in [1.807, 2.05) is 0 Å². The van der Waals surface area contributed by atoms with Crippen LogP contribution in [-0.4, -0.2) is 4.98 Å². The highest BCUT2D eigenvalue weighted by Gasteiger charge is 2.08. The second kappa shape index (κ2) is 4.57. The molecule has 3 aromatic rings. The molecule has 0 saturated heterocycles. The minimum absolute atomic E-state index is 0.178. The van der Waals surface area contributed by atoms with Gasteiger partial charge in [0.1, 0.15) is 5.75 Å². The number of hydrogen-bond acceptors (Lipinski definition) is 3. The van der Waals surface area contributed by atoms with Gasteiger partial charge in [-0.2, -0.15) is 0 Å². The van der Waals surface area contributed by atoms with E-state index in [-0.39, 0.29) is 5.75 Å². The van der Waals surface area contributed by atoms with E-state index in [2.05, 4.69) is 4.98 Å². The Kier molecular flexibility index (Phi) is 2.76. The molecule has 0 spiro atoms. The third-order valence-corrected chi connectivity index (χ3v) is 2.87. The van der Waals surface area contributed by atoms with Crippen LogP contribution >= 0.6 is 0 Å². The Morgan fingerprint density at radius 2 is 1.79 bits per heavy atom. The standard InChI is InChI=1S/C15H11FN2O/c16-12-3-1-2-4-15(12)19-14-6-5-13(17)10-7-8-18-9-11(10)14/h1-9H,17H2. The van der Waals surface area contributed by atoms with Crippen LogP contribution in [-0.2, 0) is 0 Å². The van der Waals surface area contributed by atoms with Crippen LogP contribution in [0.2, 0.25) is 0 Å². The maximum atomic E-state index is 13.6. The van der Waals surface area contributed by atoms with Crippen molar-refractivity contribution in [1.82, 2.24) is 4.98 Å². The Labute approximate surface area is 109 Å². The fourth-order valence-electron chi connectivity index (χ4n) is 1.92. The summed E-state index contributed by atoms with van der Waals surface area (Å²) < 4.78 is 19.2. The molecule has 3 nitrogen and oxygen atoms in total. The monoisotopic (exact) mass is 254 g/mol. The zero-order valence-electron chi connectivity index (χ0n) is 10.0. The van der Waals surface area contributed by atoms with Crippen LogP contribution in [0.1, 0.15) is 0 Å². The summed E-state index contributed by atoms with van der Waals surface area (Å²) in [7, 11) is 0. The Balaban J connectivity index is 2.12. The van der Waals surface area contributed by atoms with E-state index < -0.39 is 5.82 Å². The number of nitrogen functional groups attached to an aromatic ring is 1. The van der Waals surface area contributed by atoms with Gasteiger partial charge < -0.3 is 10.5 Å². The van der Waals surface area contributed by atoms with Crippen LogP contribution in [0.5, 0.6) is 11.5 Å². The van der Waals surface area contributed by atoms with Gasteiger partial charge in [0.25, 0.3) is 0 Å². The SMILES string of the molecule is Nc1ccc(Oc2ccccc2F)c2cnccc12. The molecule has 1 heterocycles. The van der Waals surface area contributed by atoms with Crippen LogP contribution in [0.3, 0.4) is 0 Å². The number of pyridine rings is 1. The van der Waals surface area contributed by atoms with E-state index in [1.54, 1.807) is 48.8 Å². The van der Waals surface area contributed by atoms with Gasteiger partial charge in [-0.1, -0.05) is 12.1 Å². The molecule has 0 bridgehead atoms. The first kappa shape index (κ1) is 11.5. The van der Waals surface area contributed by atoms with Gasteiger partial charge in [0.2, 0.25) is 0 Å². The number of rotatable bonds is 2. The average molecular weight is 254 g/mol. The van der Waals surface area contributed by atoms with Crippen molar-refractivity contribution in [2.45, 2.75) is 0 Å². The molecule has 94 valence electrons. The predicted octanol–water partition coefficient (Wildman–Crippen LogP) is 3.75. The normalized spacial score (nSPS) is 10.6. The quantitative estimate of drug-likeness (QED) is 0.708. The lowest BCUT2D eigenvalue weighted by atomic mass is 10.1. The van der Waals surface area contributed by atoms with E-state index in [9.17, 15) is 4.39 Å². The summed E-state index contributed by atoms with van der Waals surface area (Å²) in [6.07, 6.45) is 3.31. The lowest BCUT2D eigenvalue weighted by Gasteiger charge is -2.10. The van der Waals surface area contributed by atoms with Crippen molar-refractivity contribution in [2.24, 2.45) is 0 Å². The van der Waals surface area contributed by atoms with Crippen LogP contribution in [0.15, 0.2) is 54.9 Å². The number of ether oxygens (including phenoxy) is 1. The van der Waals surface area contributed by atoms with Crippen molar-refractivity contribution < 1.29 is 9.13 Å². The molecule has 0 amide bonds. The van der Waals surface area contributed by atoms with E-state index >= 15 is 0 Å². The molecule has 0 fully saturated rings. The molecule has 3 rings (SSSR count). The molecular formula is C15H11FN2O. The number of nitrogens with two attached hydrogens (primary N) is 1. The highest BCUT2D eigenvalue weighted by Crippen LogP contribution is 2.33. The Morgan fingerprint density at radius 3 is 2.63 bits per heavy atom. The van der Waals surface area contributed by atoms with Crippen molar-refractivity contribution in [3.05, 3.63) is 60.7 Å². The number of halogens is 1. The molecule has 0 aliphatic carbocycles. The third kappa shape index (κ3) is 2.08. The second-order valence-electron chi connectivity index (χ2n) is 4.11. The van der Waals surface area contributed by atoms with Crippen molar-refractivity contribution in [1.29, 1.82) is 0 Å². The van der Waals surface area contributed by atoms with Gasteiger partial charge in [0, 0.05) is 28.9 Å². The second-order valence-corrected chi connectivity index (χ2v) is 4.11. The summed E-state index contributed by atoms with van der Waals surface area (Å²) in [6, 6.07) is 11.5. The van der Waals surface area contributed by atoms with E-state index in [4.69, 9.17) is 10.5 Å². The Hall–Kier alpha value is -2.62. The number of aromatic nitrogens is 1. The van der Waals surface area contributed by atoms with Crippen molar-refractivity contribution in [2.75, 3.05) is 5.73 Å². The van der Waals surface area contributed by atoms with E-state index in [0.29, 0.717) is 11.4 Å². The lowest BCUT2D eigenvalue weighted by molar-refractivity contribution is 0.446. The molecule has 0 unspecified atom stereocenters. The zero-order valence-corrected chi connectivity index (χ0v) is 10.0. The smallest absolute Gasteiger partial charge is 0.165 e. The van der Waals surface area contributed by atoms with Gasteiger partial charge in [-0.15, -0.1) is 0 Å². The molecule has 19 heavy (non-hydrogen) atoms. The zero-order chi connectivity index (χ0) is 13.2.